The van der Waals surface area contributed by atoms with Crippen molar-refractivity contribution in [3.8, 4) is 0 Å². The number of aliphatic hydroxyl groups is 1. The highest BCUT2D eigenvalue weighted by molar-refractivity contribution is 4.88. The molecule has 0 bridgehead atoms. The van der Waals surface area contributed by atoms with Gasteiger partial charge >= 0.3 is 0 Å². The Labute approximate surface area is 91.8 Å². The molecule has 0 aromatic carbocycles. The van der Waals surface area contributed by atoms with Crippen molar-refractivity contribution in [2.75, 3.05) is 32.7 Å². The van der Waals surface area contributed by atoms with Crippen molar-refractivity contribution in [3.63, 3.8) is 0 Å². The molecule has 2 aliphatic heterocycles. The standard InChI is InChI=1S/C11H23N3O/c15-11(3-7-13-8-4-11)9-14-10-1-5-12-6-2-10/h10,12-15H,1-9H2. The molecule has 88 valence electrons. The Kier molecular flexibility index (Phi) is 3.97. The third kappa shape index (κ3) is 3.41. The molecule has 2 saturated heterocycles. The summed E-state index contributed by atoms with van der Waals surface area (Å²) in [6.07, 6.45) is 4.14. The molecule has 0 radical (unpaired) electrons. The molecule has 2 heterocycles. The van der Waals surface area contributed by atoms with Crippen LogP contribution in [0.15, 0.2) is 0 Å². The van der Waals surface area contributed by atoms with Gasteiger partial charge in [-0.15, -0.1) is 0 Å². The van der Waals surface area contributed by atoms with Gasteiger partial charge in [0.15, 0.2) is 0 Å². The fraction of sp³-hybridized carbons (Fsp3) is 1.00. The van der Waals surface area contributed by atoms with Gasteiger partial charge in [0.2, 0.25) is 0 Å². The van der Waals surface area contributed by atoms with E-state index in [1.54, 1.807) is 0 Å². The van der Waals surface area contributed by atoms with Crippen molar-refractivity contribution >= 4 is 0 Å². The fourth-order valence-corrected chi connectivity index (χ4v) is 2.43. The zero-order valence-electron chi connectivity index (χ0n) is 9.39. The molecule has 4 heteroatoms. The normalized spacial score (nSPS) is 27.8. The molecule has 0 atom stereocenters. The smallest absolute Gasteiger partial charge is 0.0795 e. The Balaban J connectivity index is 1.70. The van der Waals surface area contributed by atoms with Crippen molar-refractivity contribution in [1.29, 1.82) is 0 Å². The summed E-state index contributed by atoms with van der Waals surface area (Å²) in [5.74, 6) is 0. The number of rotatable bonds is 3. The first-order chi connectivity index (χ1) is 7.29. The van der Waals surface area contributed by atoms with E-state index in [-0.39, 0.29) is 0 Å². The van der Waals surface area contributed by atoms with E-state index in [1.165, 1.54) is 12.8 Å². The molecule has 0 spiro atoms. The Morgan fingerprint density at radius 1 is 1.07 bits per heavy atom. The van der Waals surface area contributed by atoms with Gasteiger partial charge in [0, 0.05) is 12.6 Å². The third-order valence-corrected chi connectivity index (χ3v) is 3.59. The lowest BCUT2D eigenvalue weighted by molar-refractivity contribution is 0.00802. The molecule has 0 aromatic rings. The number of nitrogens with one attached hydrogen (secondary N) is 3. The average Bonchev–Trinajstić information content (AvgIpc) is 2.29. The maximum absolute atomic E-state index is 10.3. The maximum Gasteiger partial charge on any atom is 0.0795 e. The van der Waals surface area contributed by atoms with Crippen LogP contribution in [0.1, 0.15) is 25.7 Å². The van der Waals surface area contributed by atoms with Crippen LogP contribution in [0.25, 0.3) is 0 Å². The lowest BCUT2D eigenvalue weighted by Gasteiger charge is -2.35. The van der Waals surface area contributed by atoms with E-state index >= 15 is 0 Å². The van der Waals surface area contributed by atoms with Gasteiger partial charge in [-0.25, -0.2) is 0 Å². The minimum Gasteiger partial charge on any atom is -0.388 e. The summed E-state index contributed by atoms with van der Waals surface area (Å²) in [6.45, 7) is 4.88. The van der Waals surface area contributed by atoms with Crippen LogP contribution < -0.4 is 16.0 Å². The summed E-state index contributed by atoms with van der Waals surface area (Å²) in [5.41, 5.74) is -0.462. The minimum absolute atomic E-state index is 0.462. The molecule has 0 aromatic heterocycles. The predicted molar refractivity (Wildman–Crippen MR) is 60.9 cm³/mol. The Bertz CT molecular complexity index is 186. The van der Waals surface area contributed by atoms with Gasteiger partial charge in [-0.2, -0.15) is 0 Å². The number of piperidine rings is 2. The van der Waals surface area contributed by atoms with E-state index in [0.717, 1.165) is 45.6 Å². The molecule has 0 saturated carbocycles. The van der Waals surface area contributed by atoms with Gasteiger partial charge in [-0.05, 0) is 51.9 Å². The van der Waals surface area contributed by atoms with Gasteiger partial charge < -0.3 is 21.1 Å². The lowest BCUT2D eigenvalue weighted by atomic mass is 9.92. The van der Waals surface area contributed by atoms with Crippen LogP contribution >= 0.6 is 0 Å². The van der Waals surface area contributed by atoms with E-state index in [9.17, 15) is 5.11 Å². The second-order valence-electron chi connectivity index (χ2n) is 4.88. The molecular formula is C11H23N3O. The first-order valence-electron chi connectivity index (χ1n) is 6.16. The van der Waals surface area contributed by atoms with E-state index in [0.29, 0.717) is 6.04 Å². The first kappa shape index (κ1) is 11.3. The van der Waals surface area contributed by atoms with Crippen molar-refractivity contribution in [3.05, 3.63) is 0 Å². The van der Waals surface area contributed by atoms with Crippen molar-refractivity contribution in [2.45, 2.75) is 37.3 Å². The van der Waals surface area contributed by atoms with Crippen LogP contribution in [0.5, 0.6) is 0 Å². The van der Waals surface area contributed by atoms with Gasteiger partial charge in [0.05, 0.1) is 5.60 Å². The highest BCUT2D eigenvalue weighted by Gasteiger charge is 2.29. The second-order valence-corrected chi connectivity index (χ2v) is 4.88. The number of hydrogen-bond acceptors (Lipinski definition) is 4. The molecule has 4 N–H and O–H groups in total. The van der Waals surface area contributed by atoms with E-state index in [4.69, 9.17) is 0 Å². The largest absolute Gasteiger partial charge is 0.388 e. The molecule has 0 amide bonds. The van der Waals surface area contributed by atoms with Crippen molar-refractivity contribution in [2.24, 2.45) is 0 Å². The summed E-state index contributed by atoms with van der Waals surface area (Å²) < 4.78 is 0. The van der Waals surface area contributed by atoms with Crippen LogP contribution in [0.4, 0.5) is 0 Å². The van der Waals surface area contributed by atoms with Gasteiger partial charge in [-0.1, -0.05) is 0 Å². The lowest BCUT2D eigenvalue weighted by Crippen LogP contribution is -2.51. The zero-order chi connectivity index (χ0) is 10.6. The van der Waals surface area contributed by atoms with Crippen LogP contribution in [0, 0.1) is 0 Å². The van der Waals surface area contributed by atoms with E-state index < -0.39 is 5.60 Å². The van der Waals surface area contributed by atoms with Crippen LogP contribution in [0.3, 0.4) is 0 Å². The first-order valence-corrected chi connectivity index (χ1v) is 6.16. The average molecular weight is 213 g/mol. The molecule has 15 heavy (non-hydrogen) atoms. The van der Waals surface area contributed by atoms with Gasteiger partial charge in [-0.3, -0.25) is 0 Å². The van der Waals surface area contributed by atoms with Crippen LogP contribution in [0.2, 0.25) is 0 Å². The highest BCUT2D eigenvalue weighted by Crippen LogP contribution is 2.17. The molecule has 4 nitrogen and oxygen atoms in total. The zero-order valence-corrected chi connectivity index (χ0v) is 9.39. The molecule has 2 fully saturated rings. The van der Waals surface area contributed by atoms with Crippen molar-refractivity contribution in [1.82, 2.24) is 16.0 Å². The van der Waals surface area contributed by atoms with Gasteiger partial charge in [0.1, 0.15) is 0 Å². The van der Waals surface area contributed by atoms with Crippen LogP contribution in [-0.4, -0.2) is 49.5 Å². The molecule has 2 rings (SSSR count). The predicted octanol–water partition coefficient (Wildman–Crippen LogP) is -0.557. The topological polar surface area (TPSA) is 56.3 Å². The second kappa shape index (κ2) is 5.25. The highest BCUT2D eigenvalue weighted by atomic mass is 16.3. The van der Waals surface area contributed by atoms with Crippen LogP contribution in [-0.2, 0) is 0 Å². The molecule has 0 aliphatic carbocycles. The van der Waals surface area contributed by atoms with E-state index in [1.807, 2.05) is 0 Å². The quantitative estimate of drug-likeness (QED) is 0.508. The van der Waals surface area contributed by atoms with Crippen molar-refractivity contribution < 1.29 is 5.11 Å². The Hall–Kier alpha value is -0.160. The summed E-state index contributed by atoms with van der Waals surface area (Å²) in [7, 11) is 0. The summed E-state index contributed by atoms with van der Waals surface area (Å²) >= 11 is 0. The Morgan fingerprint density at radius 2 is 1.67 bits per heavy atom. The maximum atomic E-state index is 10.3. The van der Waals surface area contributed by atoms with E-state index in [2.05, 4.69) is 16.0 Å². The molecule has 0 unspecified atom stereocenters. The SMILES string of the molecule is OC1(CNC2CCNCC2)CCNCC1. The summed E-state index contributed by atoms with van der Waals surface area (Å²) in [6, 6.07) is 0.602. The minimum atomic E-state index is -0.462. The van der Waals surface area contributed by atoms with Gasteiger partial charge in [0.25, 0.3) is 0 Å². The fourth-order valence-electron chi connectivity index (χ4n) is 2.43. The molecule has 2 aliphatic rings. The monoisotopic (exact) mass is 213 g/mol. The summed E-state index contributed by atoms with van der Waals surface area (Å²) in [5, 5.41) is 20.4. The Morgan fingerprint density at radius 3 is 2.33 bits per heavy atom. The number of hydrogen-bond donors (Lipinski definition) is 4. The third-order valence-electron chi connectivity index (χ3n) is 3.59. The summed E-state index contributed by atoms with van der Waals surface area (Å²) in [4.78, 5) is 0. The molecular weight excluding hydrogens is 190 g/mol.